The fourth-order valence-corrected chi connectivity index (χ4v) is 1.56. The van der Waals surface area contributed by atoms with Crippen LogP contribution in [-0.2, 0) is 4.79 Å². The maximum absolute atomic E-state index is 10.8. The average molecular weight is 189 g/mol. The Labute approximate surface area is 81.6 Å². The Morgan fingerprint density at radius 2 is 2.07 bits per heavy atom. The number of aromatic nitrogens is 1. The van der Waals surface area contributed by atoms with Gasteiger partial charge in [0.25, 0.3) is 0 Å². The summed E-state index contributed by atoms with van der Waals surface area (Å²) >= 11 is 0. The number of hydrogen-bond donors (Lipinski definition) is 1. The van der Waals surface area contributed by atoms with Gasteiger partial charge in [-0.3, -0.25) is 0 Å². The van der Waals surface area contributed by atoms with Crippen molar-refractivity contribution in [3.05, 3.63) is 36.5 Å². The van der Waals surface area contributed by atoms with E-state index in [0.29, 0.717) is 0 Å². The van der Waals surface area contributed by atoms with E-state index in [1.54, 1.807) is 11.5 Å². The fourth-order valence-electron chi connectivity index (χ4n) is 1.56. The number of para-hydroxylation sites is 1. The second-order valence-corrected chi connectivity index (χ2v) is 3.30. The Balaban J connectivity index is 2.58. The van der Waals surface area contributed by atoms with E-state index >= 15 is 0 Å². The van der Waals surface area contributed by atoms with Crippen molar-refractivity contribution in [1.29, 1.82) is 0 Å². The predicted molar refractivity (Wildman–Crippen MR) is 54.3 cm³/mol. The Hall–Kier alpha value is -1.77. The van der Waals surface area contributed by atoms with Gasteiger partial charge in [0.2, 0.25) is 0 Å². The van der Waals surface area contributed by atoms with Crippen LogP contribution in [0.5, 0.6) is 0 Å². The molecule has 1 unspecified atom stereocenters. The predicted octanol–water partition coefficient (Wildman–Crippen LogP) is 2.29. The summed E-state index contributed by atoms with van der Waals surface area (Å²) in [5.74, 6) is -0.814. The second-order valence-electron chi connectivity index (χ2n) is 3.30. The Bertz CT molecular complexity index is 473. The first-order valence-electron chi connectivity index (χ1n) is 4.48. The van der Waals surface area contributed by atoms with Crippen LogP contribution in [0.25, 0.3) is 10.9 Å². The van der Waals surface area contributed by atoms with Gasteiger partial charge >= 0.3 is 5.97 Å². The van der Waals surface area contributed by atoms with Crippen LogP contribution in [-0.4, -0.2) is 15.6 Å². The molecule has 1 atom stereocenters. The molecule has 0 fully saturated rings. The van der Waals surface area contributed by atoms with Gasteiger partial charge in [-0.15, -0.1) is 0 Å². The van der Waals surface area contributed by atoms with Crippen molar-refractivity contribution < 1.29 is 9.90 Å². The molecule has 0 bridgehead atoms. The summed E-state index contributed by atoms with van der Waals surface area (Å²) < 4.78 is 1.76. The van der Waals surface area contributed by atoms with Crippen LogP contribution >= 0.6 is 0 Å². The highest BCUT2D eigenvalue weighted by Gasteiger charge is 2.14. The lowest BCUT2D eigenvalue weighted by atomic mass is 10.2. The zero-order chi connectivity index (χ0) is 10.1. The van der Waals surface area contributed by atoms with Crippen molar-refractivity contribution >= 4 is 16.9 Å². The molecule has 1 heterocycles. The third-order valence-electron chi connectivity index (χ3n) is 2.40. The van der Waals surface area contributed by atoms with Gasteiger partial charge in [0.1, 0.15) is 6.04 Å². The molecule has 72 valence electrons. The van der Waals surface area contributed by atoms with Crippen LogP contribution < -0.4 is 0 Å². The molecular weight excluding hydrogens is 178 g/mol. The average Bonchev–Trinajstić information content (AvgIpc) is 2.60. The van der Waals surface area contributed by atoms with Crippen LogP contribution in [0.3, 0.4) is 0 Å². The van der Waals surface area contributed by atoms with E-state index in [-0.39, 0.29) is 0 Å². The SMILES string of the molecule is CC(C(=O)O)n1ccc2ccccc21. The van der Waals surface area contributed by atoms with Crippen LogP contribution in [0.4, 0.5) is 0 Å². The molecule has 0 saturated heterocycles. The summed E-state index contributed by atoms with van der Waals surface area (Å²) in [7, 11) is 0. The number of carbonyl (C=O) groups is 1. The summed E-state index contributed by atoms with van der Waals surface area (Å²) in [6.45, 7) is 1.68. The van der Waals surface area contributed by atoms with Crippen LogP contribution in [0.1, 0.15) is 13.0 Å². The van der Waals surface area contributed by atoms with Gasteiger partial charge in [0.05, 0.1) is 0 Å². The monoisotopic (exact) mass is 189 g/mol. The molecule has 0 amide bonds. The van der Waals surface area contributed by atoms with Gasteiger partial charge in [-0.1, -0.05) is 18.2 Å². The van der Waals surface area contributed by atoms with Crippen molar-refractivity contribution in [3.8, 4) is 0 Å². The standard InChI is InChI=1S/C11H11NO2/c1-8(11(13)14)12-7-6-9-4-2-3-5-10(9)12/h2-8H,1H3,(H,13,14). The lowest BCUT2D eigenvalue weighted by Crippen LogP contribution is -2.14. The van der Waals surface area contributed by atoms with Crippen molar-refractivity contribution in [3.63, 3.8) is 0 Å². The van der Waals surface area contributed by atoms with Gasteiger partial charge in [-0.25, -0.2) is 4.79 Å². The highest BCUT2D eigenvalue weighted by atomic mass is 16.4. The molecule has 14 heavy (non-hydrogen) atoms. The Kier molecular flexibility index (Phi) is 2.00. The second kappa shape index (κ2) is 3.18. The highest BCUT2D eigenvalue weighted by molar-refractivity contribution is 5.82. The topological polar surface area (TPSA) is 42.2 Å². The molecule has 0 aliphatic heterocycles. The molecule has 2 aromatic rings. The lowest BCUT2D eigenvalue weighted by Gasteiger charge is -2.09. The third-order valence-corrected chi connectivity index (χ3v) is 2.40. The summed E-state index contributed by atoms with van der Waals surface area (Å²) in [6, 6.07) is 9.16. The van der Waals surface area contributed by atoms with Crippen molar-refractivity contribution in [2.75, 3.05) is 0 Å². The Morgan fingerprint density at radius 3 is 2.79 bits per heavy atom. The number of carboxylic acids is 1. The molecule has 1 aromatic heterocycles. The first-order valence-corrected chi connectivity index (χ1v) is 4.48. The van der Waals surface area contributed by atoms with Gasteiger partial charge in [0, 0.05) is 11.7 Å². The first-order chi connectivity index (χ1) is 6.70. The zero-order valence-corrected chi connectivity index (χ0v) is 7.84. The van der Waals surface area contributed by atoms with E-state index in [4.69, 9.17) is 5.11 Å². The van der Waals surface area contributed by atoms with Crippen molar-refractivity contribution in [1.82, 2.24) is 4.57 Å². The molecule has 0 aliphatic carbocycles. The Morgan fingerprint density at radius 1 is 1.36 bits per heavy atom. The zero-order valence-electron chi connectivity index (χ0n) is 7.84. The smallest absolute Gasteiger partial charge is 0.326 e. The van der Waals surface area contributed by atoms with E-state index in [9.17, 15) is 4.79 Å². The third kappa shape index (κ3) is 1.27. The van der Waals surface area contributed by atoms with Crippen molar-refractivity contribution in [2.24, 2.45) is 0 Å². The summed E-state index contributed by atoms with van der Waals surface area (Å²) in [4.78, 5) is 10.8. The molecule has 0 saturated carbocycles. The maximum Gasteiger partial charge on any atom is 0.326 e. The minimum absolute atomic E-state index is 0.519. The molecule has 1 N–H and O–H groups in total. The summed E-state index contributed by atoms with van der Waals surface area (Å²) in [5.41, 5.74) is 0.961. The summed E-state index contributed by atoms with van der Waals surface area (Å²) in [6.07, 6.45) is 1.81. The fraction of sp³-hybridized carbons (Fsp3) is 0.182. The number of fused-ring (bicyclic) bond motifs is 1. The number of aliphatic carboxylic acids is 1. The van der Waals surface area contributed by atoms with Gasteiger partial charge < -0.3 is 9.67 Å². The van der Waals surface area contributed by atoms with Crippen LogP contribution in [0.15, 0.2) is 36.5 Å². The quantitative estimate of drug-likeness (QED) is 0.787. The number of hydrogen-bond acceptors (Lipinski definition) is 1. The van der Waals surface area contributed by atoms with Crippen LogP contribution in [0, 0.1) is 0 Å². The lowest BCUT2D eigenvalue weighted by molar-refractivity contribution is -0.140. The molecule has 0 spiro atoms. The molecule has 3 heteroatoms. The largest absolute Gasteiger partial charge is 0.480 e. The normalized spacial score (nSPS) is 12.9. The molecule has 0 radical (unpaired) electrons. The highest BCUT2D eigenvalue weighted by Crippen LogP contribution is 2.19. The minimum Gasteiger partial charge on any atom is -0.480 e. The number of benzene rings is 1. The minimum atomic E-state index is -0.814. The van der Waals surface area contributed by atoms with E-state index in [1.165, 1.54) is 0 Å². The van der Waals surface area contributed by atoms with E-state index in [0.717, 1.165) is 10.9 Å². The van der Waals surface area contributed by atoms with Crippen LogP contribution in [0.2, 0.25) is 0 Å². The molecule has 3 nitrogen and oxygen atoms in total. The van der Waals surface area contributed by atoms with Crippen molar-refractivity contribution in [2.45, 2.75) is 13.0 Å². The summed E-state index contributed by atoms with van der Waals surface area (Å²) in [5, 5.41) is 9.96. The number of carboxylic acid groups (broad SMARTS) is 1. The van der Waals surface area contributed by atoms with E-state index < -0.39 is 12.0 Å². The van der Waals surface area contributed by atoms with E-state index in [2.05, 4.69) is 0 Å². The number of nitrogens with zero attached hydrogens (tertiary/aromatic N) is 1. The van der Waals surface area contributed by atoms with Gasteiger partial charge in [-0.05, 0) is 24.4 Å². The number of rotatable bonds is 2. The first kappa shape index (κ1) is 8.81. The van der Waals surface area contributed by atoms with Gasteiger partial charge in [0.15, 0.2) is 0 Å². The molecule has 2 rings (SSSR count). The molecule has 0 aliphatic rings. The molecular formula is C11H11NO2. The van der Waals surface area contributed by atoms with Gasteiger partial charge in [-0.2, -0.15) is 0 Å². The maximum atomic E-state index is 10.8. The molecule has 1 aromatic carbocycles. The van der Waals surface area contributed by atoms with E-state index in [1.807, 2.05) is 36.5 Å².